The molecule has 10 nitrogen and oxygen atoms in total. The van der Waals surface area contributed by atoms with Crippen molar-refractivity contribution in [1.82, 2.24) is 0 Å². The van der Waals surface area contributed by atoms with Gasteiger partial charge in [0.2, 0.25) is 23.1 Å². The highest BCUT2D eigenvalue weighted by atomic mass is 16.5. The third-order valence-electron chi connectivity index (χ3n) is 8.77. The molecule has 0 fully saturated rings. The molecule has 0 amide bonds. The monoisotopic (exact) mass is 636 g/mol. The van der Waals surface area contributed by atoms with E-state index in [-0.39, 0.29) is 25.7 Å². The van der Waals surface area contributed by atoms with Crippen molar-refractivity contribution < 1.29 is 49.2 Å². The molecule has 2 aromatic rings. The van der Waals surface area contributed by atoms with Crippen LogP contribution in [-0.4, -0.2) is 66.7 Å². The summed E-state index contributed by atoms with van der Waals surface area (Å²) in [7, 11) is 0. The second-order valence-corrected chi connectivity index (χ2v) is 15.2. The van der Waals surface area contributed by atoms with Crippen LogP contribution >= 0.6 is 0 Å². The van der Waals surface area contributed by atoms with Crippen LogP contribution in [-0.2, 0) is 54.5 Å². The van der Waals surface area contributed by atoms with Crippen LogP contribution in [0, 0.1) is 21.7 Å². The fourth-order valence-corrected chi connectivity index (χ4v) is 5.99. The Balaban J connectivity index is 2.10. The van der Waals surface area contributed by atoms with E-state index in [9.17, 15) is 49.2 Å². The molecule has 0 aromatic heterocycles. The van der Waals surface area contributed by atoms with Crippen molar-refractivity contribution in [2.75, 3.05) is 0 Å². The van der Waals surface area contributed by atoms with Crippen LogP contribution in [0.4, 0.5) is 0 Å². The number of hydrogen-bond donors (Lipinski definition) is 4. The van der Waals surface area contributed by atoms with Crippen LogP contribution in [0.1, 0.15) is 77.6 Å². The van der Waals surface area contributed by atoms with Gasteiger partial charge in [-0.15, -0.1) is 0 Å². The minimum atomic E-state index is -3.56. The van der Waals surface area contributed by atoms with Gasteiger partial charge in [-0.2, -0.15) is 0 Å². The summed E-state index contributed by atoms with van der Waals surface area (Å²) < 4.78 is 0. The second-order valence-electron chi connectivity index (χ2n) is 15.2. The van der Waals surface area contributed by atoms with Crippen LogP contribution in [0.3, 0.4) is 0 Å². The number of aliphatic hydroxyl groups is 4. The van der Waals surface area contributed by atoms with E-state index < -0.39 is 67.9 Å². The fraction of sp³-hybridized carbons (Fsp3) is 0.500. The highest BCUT2D eigenvalue weighted by Crippen LogP contribution is 2.34. The molecular weight excluding hydrogens is 592 g/mol. The average Bonchev–Trinajstić information content (AvgIpc) is 2.95. The molecule has 248 valence electrons. The first kappa shape index (κ1) is 36.8. The zero-order chi connectivity index (χ0) is 35.3. The Kier molecular flexibility index (Phi) is 9.71. The molecule has 2 aromatic carbocycles. The highest BCUT2D eigenvalue weighted by molar-refractivity contribution is 6.46. The van der Waals surface area contributed by atoms with Gasteiger partial charge in [0, 0.05) is 21.7 Å². The predicted octanol–water partition coefficient (Wildman–Crippen LogP) is 2.45. The summed E-state index contributed by atoms with van der Waals surface area (Å²) in [5.74, 6) is -15.1. The predicted molar refractivity (Wildman–Crippen MR) is 167 cm³/mol. The quantitative estimate of drug-likeness (QED) is 0.190. The molecule has 0 aliphatic heterocycles. The zero-order valence-corrected chi connectivity index (χ0v) is 27.7. The number of carbonyl (C=O) groups is 6. The molecule has 4 bridgehead atoms. The molecule has 10 heteroatoms. The Labute approximate surface area is 268 Å². The molecular formula is C36H44O10. The van der Waals surface area contributed by atoms with Gasteiger partial charge in [-0.1, -0.05) is 104 Å². The summed E-state index contributed by atoms with van der Waals surface area (Å²) in [6.07, 6.45) is -0.100. The van der Waals surface area contributed by atoms with Crippen LogP contribution in [0.5, 0.6) is 0 Å². The van der Waals surface area contributed by atoms with E-state index in [2.05, 4.69) is 0 Å². The highest BCUT2D eigenvalue weighted by Gasteiger charge is 2.55. The van der Waals surface area contributed by atoms with Gasteiger partial charge in [0.1, 0.15) is 0 Å². The van der Waals surface area contributed by atoms with Gasteiger partial charge in [0.05, 0.1) is 0 Å². The molecule has 0 heterocycles. The number of hydrogen-bond acceptors (Lipinski definition) is 10. The number of benzene rings is 2. The van der Waals surface area contributed by atoms with Crippen molar-refractivity contribution in [1.29, 1.82) is 0 Å². The molecule has 0 saturated carbocycles. The lowest BCUT2D eigenvalue weighted by molar-refractivity contribution is -0.197. The number of carbonyl (C=O) groups excluding carboxylic acids is 6. The average molecular weight is 637 g/mol. The van der Waals surface area contributed by atoms with Gasteiger partial charge in [-0.3, -0.25) is 28.8 Å². The molecule has 4 aliphatic rings. The maximum absolute atomic E-state index is 13.3. The molecule has 0 radical (unpaired) electrons. The summed E-state index contributed by atoms with van der Waals surface area (Å²) in [4.78, 5) is 79.5. The number of Topliss-reactive ketones (excluding diaryl/α,β-unsaturated/α-hetero) is 6. The standard InChI is InChI=1S/C36H44O10/c1-31(2)17-21-9-11-22(12-10-21)18-32(3,4)26(38)28(40)36(45,46)30(42)34(7,8)20-24-15-13-23(14-16-24)19-33(5,6)29(41)35(43,44)27(39)25(31)37/h9-16,43-46H,17-20H2,1-8H3. The second kappa shape index (κ2) is 12.2. The SMILES string of the molecule is CC1(C)Cc2ccc(cc2)CC(C)(C)C(=O)C(=O)C(O)(O)C(=O)C(C)(C)Cc2ccc(cc2)CC(C)(C)C(=O)C(O)(O)C(=O)C1=O. The van der Waals surface area contributed by atoms with Crippen LogP contribution in [0.25, 0.3) is 0 Å². The molecule has 4 N–H and O–H groups in total. The third kappa shape index (κ3) is 7.31. The van der Waals surface area contributed by atoms with Crippen molar-refractivity contribution in [3.63, 3.8) is 0 Å². The van der Waals surface area contributed by atoms with Gasteiger partial charge in [0.25, 0.3) is 23.1 Å². The van der Waals surface area contributed by atoms with Crippen molar-refractivity contribution in [2.45, 2.75) is 92.6 Å². The van der Waals surface area contributed by atoms with Crippen LogP contribution in [0.2, 0.25) is 0 Å². The molecule has 0 saturated heterocycles. The first-order valence-electron chi connectivity index (χ1n) is 15.1. The smallest absolute Gasteiger partial charge is 0.293 e. The van der Waals surface area contributed by atoms with Gasteiger partial charge in [0.15, 0.2) is 0 Å². The fourth-order valence-electron chi connectivity index (χ4n) is 5.99. The molecule has 4 aliphatic carbocycles. The maximum Gasteiger partial charge on any atom is 0.293 e. The minimum Gasteiger partial charge on any atom is -0.353 e. The van der Waals surface area contributed by atoms with Gasteiger partial charge < -0.3 is 20.4 Å². The van der Waals surface area contributed by atoms with Gasteiger partial charge in [-0.05, 0) is 47.9 Å². The Morgan fingerprint density at radius 3 is 0.783 bits per heavy atom. The Bertz CT molecular complexity index is 1450. The van der Waals surface area contributed by atoms with E-state index in [4.69, 9.17) is 0 Å². The van der Waals surface area contributed by atoms with Crippen LogP contribution in [0.15, 0.2) is 48.5 Å². The number of rotatable bonds is 0. The Morgan fingerprint density at radius 2 is 0.565 bits per heavy atom. The first-order valence-corrected chi connectivity index (χ1v) is 15.1. The van der Waals surface area contributed by atoms with E-state index in [1.165, 1.54) is 55.4 Å². The normalized spacial score (nSPS) is 23.3. The summed E-state index contributed by atoms with van der Waals surface area (Å²) in [5.41, 5.74) is -3.59. The largest absolute Gasteiger partial charge is 0.353 e. The van der Waals surface area contributed by atoms with Crippen molar-refractivity contribution in [3.8, 4) is 0 Å². The van der Waals surface area contributed by atoms with Crippen LogP contribution < -0.4 is 0 Å². The summed E-state index contributed by atoms with van der Waals surface area (Å²) in [5, 5.41) is 43.0. The number of ketones is 6. The lowest BCUT2D eigenvalue weighted by Gasteiger charge is -2.32. The van der Waals surface area contributed by atoms with E-state index >= 15 is 0 Å². The molecule has 0 atom stereocenters. The van der Waals surface area contributed by atoms with Crippen molar-refractivity contribution >= 4 is 34.7 Å². The maximum atomic E-state index is 13.3. The molecule has 46 heavy (non-hydrogen) atoms. The topological polar surface area (TPSA) is 183 Å². The molecule has 0 unspecified atom stereocenters. The van der Waals surface area contributed by atoms with Gasteiger partial charge in [-0.25, -0.2) is 0 Å². The first-order chi connectivity index (χ1) is 20.8. The van der Waals surface area contributed by atoms with E-state index in [0.717, 1.165) is 0 Å². The third-order valence-corrected chi connectivity index (χ3v) is 8.77. The van der Waals surface area contributed by atoms with Crippen molar-refractivity contribution in [3.05, 3.63) is 70.8 Å². The zero-order valence-electron chi connectivity index (χ0n) is 27.7. The summed E-state index contributed by atoms with van der Waals surface area (Å²) >= 11 is 0. The van der Waals surface area contributed by atoms with Crippen molar-refractivity contribution in [2.24, 2.45) is 21.7 Å². The van der Waals surface area contributed by atoms with E-state index in [1.54, 1.807) is 48.5 Å². The lowest BCUT2D eigenvalue weighted by Crippen LogP contribution is -2.57. The Morgan fingerprint density at radius 1 is 0.370 bits per heavy atom. The minimum absolute atomic E-state index is 0.00584. The lowest BCUT2D eigenvalue weighted by atomic mass is 9.72. The van der Waals surface area contributed by atoms with E-state index in [1.807, 2.05) is 0 Å². The Hall–Kier alpha value is -3.70. The van der Waals surface area contributed by atoms with Gasteiger partial charge >= 0.3 is 0 Å². The molecule has 0 spiro atoms. The summed E-state index contributed by atoms with van der Waals surface area (Å²) in [6, 6.07) is 13.0. The van der Waals surface area contributed by atoms with E-state index in [0.29, 0.717) is 22.3 Å². The summed E-state index contributed by atoms with van der Waals surface area (Å²) in [6.45, 7) is 11.5. The molecule has 6 rings (SSSR count).